The number of likely N-dealkylation sites (tertiary alicyclic amines) is 1. The van der Waals surface area contributed by atoms with Crippen LogP contribution in [0.15, 0.2) is 33.5 Å². The van der Waals surface area contributed by atoms with E-state index in [2.05, 4.69) is 5.32 Å². The lowest BCUT2D eigenvalue weighted by Gasteiger charge is -2.17. The van der Waals surface area contributed by atoms with Crippen molar-refractivity contribution in [2.45, 2.75) is 13.3 Å². The van der Waals surface area contributed by atoms with Gasteiger partial charge in [-0.25, -0.2) is 4.79 Å². The zero-order valence-electron chi connectivity index (χ0n) is 12.9. The Morgan fingerprint density at radius 3 is 2.95 bits per heavy atom. The van der Waals surface area contributed by atoms with Gasteiger partial charge in [0.25, 0.3) is 5.91 Å². The number of carbonyl (C=O) groups excluding carboxylic acids is 1. The summed E-state index contributed by atoms with van der Waals surface area (Å²) in [7, 11) is 1.91. The molecule has 1 aromatic heterocycles. The van der Waals surface area contributed by atoms with Crippen LogP contribution in [-0.2, 0) is 0 Å². The fourth-order valence-corrected chi connectivity index (χ4v) is 3.18. The van der Waals surface area contributed by atoms with Gasteiger partial charge in [0.05, 0.1) is 0 Å². The van der Waals surface area contributed by atoms with Crippen molar-refractivity contribution in [3.63, 3.8) is 0 Å². The highest BCUT2D eigenvalue weighted by Crippen LogP contribution is 2.22. The van der Waals surface area contributed by atoms with Crippen molar-refractivity contribution >= 4 is 16.9 Å². The zero-order chi connectivity index (χ0) is 15.7. The minimum Gasteiger partial charge on any atom is -0.422 e. The number of fused-ring (bicyclic) bond motifs is 1. The van der Waals surface area contributed by atoms with E-state index in [9.17, 15) is 9.59 Å². The SMILES string of the molecule is CNCC1CCN(C(=O)c2c(C)c3ccccc3oc2=O)C1. The molecule has 1 fully saturated rings. The van der Waals surface area contributed by atoms with Crippen LogP contribution in [0.5, 0.6) is 0 Å². The molecule has 1 saturated heterocycles. The second kappa shape index (κ2) is 5.93. The summed E-state index contributed by atoms with van der Waals surface area (Å²) in [6, 6.07) is 7.31. The molecule has 0 spiro atoms. The smallest absolute Gasteiger partial charge is 0.349 e. The Morgan fingerprint density at radius 1 is 1.41 bits per heavy atom. The summed E-state index contributed by atoms with van der Waals surface area (Å²) in [6.45, 7) is 4.07. The Hall–Kier alpha value is -2.14. The van der Waals surface area contributed by atoms with E-state index in [1.165, 1.54) is 0 Å². The molecule has 0 saturated carbocycles. The van der Waals surface area contributed by atoms with Gasteiger partial charge < -0.3 is 14.6 Å². The number of hydrogen-bond acceptors (Lipinski definition) is 4. The molecular formula is C17H20N2O3. The third-order valence-corrected chi connectivity index (χ3v) is 4.35. The summed E-state index contributed by atoms with van der Waals surface area (Å²) in [4.78, 5) is 26.7. The second-order valence-electron chi connectivity index (χ2n) is 5.85. The summed E-state index contributed by atoms with van der Waals surface area (Å²) in [5, 5.41) is 3.95. The number of para-hydroxylation sites is 1. The van der Waals surface area contributed by atoms with Crippen LogP contribution >= 0.6 is 0 Å². The molecule has 5 nitrogen and oxygen atoms in total. The maximum atomic E-state index is 12.7. The highest BCUT2D eigenvalue weighted by Gasteiger charge is 2.29. The van der Waals surface area contributed by atoms with Crippen LogP contribution in [0, 0.1) is 12.8 Å². The van der Waals surface area contributed by atoms with Crippen molar-refractivity contribution in [3.8, 4) is 0 Å². The van der Waals surface area contributed by atoms with Crippen molar-refractivity contribution in [3.05, 3.63) is 45.8 Å². The molecule has 1 aromatic carbocycles. The van der Waals surface area contributed by atoms with E-state index < -0.39 is 5.63 Å². The molecule has 2 aromatic rings. The number of nitrogens with zero attached hydrogens (tertiary/aromatic N) is 1. The molecule has 0 radical (unpaired) electrons. The van der Waals surface area contributed by atoms with Crippen LogP contribution < -0.4 is 10.9 Å². The van der Waals surface area contributed by atoms with Crippen LogP contribution in [0.3, 0.4) is 0 Å². The minimum atomic E-state index is -0.543. The first-order valence-corrected chi connectivity index (χ1v) is 7.58. The van der Waals surface area contributed by atoms with E-state index >= 15 is 0 Å². The quantitative estimate of drug-likeness (QED) is 0.878. The lowest BCUT2D eigenvalue weighted by atomic mass is 10.1. The molecule has 0 bridgehead atoms. The van der Waals surface area contributed by atoms with Crippen LogP contribution in [0.4, 0.5) is 0 Å². The normalized spacial score (nSPS) is 18.1. The molecule has 1 N–H and O–H groups in total. The number of amides is 1. The van der Waals surface area contributed by atoms with E-state index in [0.29, 0.717) is 30.2 Å². The van der Waals surface area contributed by atoms with Crippen molar-refractivity contribution in [2.75, 3.05) is 26.7 Å². The van der Waals surface area contributed by atoms with Crippen LogP contribution in [0.1, 0.15) is 22.3 Å². The molecule has 1 aliphatic rings. The monoisotopic (exact) mass is 300 g/mol. The molecule has 0 aliphatic carbocycles. The Morgan fingerprint density at radius 2 is 2.18 bits per heavy atom. The van der Waals surface area contributed by atoms with Gasteiger partial charge in [0.2, 0.25) is 0 Å². The number of carbonyl (C=O) groups is 1. The molecule has 3 rings (SSSR count). The Bertz CT molecular complexity index is 766. The van der Waals surface area contributed by atoms with Crippen molar-refractivity contribution < 1.29 is 9.21 Å². The lowest BCUT2D eigenvalue weighted by Crippen LogP contribution is -2.34. The second-order valence-corrected chi connectivity index (χ2v) is 5.85. The third-order valence-electron chi connectivity index (χ3n) is 4.35. The highest BCUT2D eigenvalue weighted by atomic mass is 16.4. The first-order chi connectivity index (χ1) is 10.6. The van der Waals surface area contributed by atoms with Gasteiger partial charge >= 0.3 is 5.63 Å². The number of rotatable bonds is 3. The maximum absolute atomic E-state index is 12.7. The van der Waals surface area contributed by atoms with Crippen LogP contribution in [0.2, 0.25) is 0 Å². The highest BCUT2D eigenvalue weighted by molar-refractivity contribution is 5.99. The number of hydrogen-bond donors (Lipinski definition) is 1. The van der Waals surface area contributed by atoms with Crippen molar-refractivity contribution in [2.24, 2.45) is 5.92 Å². The summed E-state index contributed by atoms with van der Waals surface area (Å²) in [5.74, 6) is 0.234. The van der Waals surface area contributed by atoms with Gasteiger partial charge in [-0.2, -0.15) is 0 Å². The van der Waals surface area contributed by atoms with E-state index in [1.807, 2.05) is 32.2 Å². The van der Waals surface area contributed by atoms with Crippen LogP contribution in [-0.4, -0.2) is 37.5 Å². The van der Waals surface area contributed by atoms with Gasteiger partial charge in [-0.3, -0.25) is 4.79 Å². The average Bonchev–Trinajstić information content (AvgIpc) is 2.96. The predicted octanol–water partition coefficient (Wildman–Crippen LogP) is 1.78. The molecule has 5 heteroatoms. The summed E-state index contributed by atoms with van der Waals surface area (Å²) in [6.07, 6.45) is 0.963. The maximum Gasteiger partial charge on any atom is 0.349 e. The van der Waals surface area contributed by atoms with Crippen molar-refractivity contribution in [1.29, 1.82) is 0 Å². The molecule has 1 aliphatic heterocycles. The minimum absolute atomic E-state index is 0.170. The molecule has 1 atom stereocenters. The van der Waals surface area contributed by atoms with E-state index in [4.69, 9.17) is 4.42 Å². The van der Waals surface area contributed by atoms with Gasteiger partial charge in [0, 0.05) is 18.5 Å². The largest absolute Gasteiger partial charge is 0.422 e. The third kappa shape index (κ3) is 2.52. The first-order valence-electron chi connectivity index (χ1n) is 7.58. The molecule has 1 amide bonds. The van der Waals surface area contributed by atoms with Gasteiger partial charge in [-0.1, -0.05) is 18.2 Å². The van der Waals surface area contributed by atoms with Gasteiger partial charge in [0.1, 0.15) is 11.1 Å². The van der Waals surface area contributed by atoms with E-state index in [0.717, 1.165) is 18.4 Å². The van der Waals surface area contributed by atoms with Gasteiger partial charge in [0.15, 0.2) is 0 Å². The molecule has 22 heavy (non-hydrogen) atoms. The molecular weight excluding hydrogens is 280 g/mol. The number of benzene rings is 1. The summed E-state index contributed by atoms with van der Waals surface area (Å²) in [5.41, 5.74) is 0.854. The van der Waals surface area contributed by atoms with Crippen molar-refractivity contribution in [1.82, 2.24) is 10.2 Å². The fourth-order valence-electron chi connectivity index (χ4n) is 3.18. The van der Waals surface area contributed by atoms with Crippen LogP contribution in [0.25, 0.3) is 11.0 Å². The average molecular weight is 300 g/mol. The predicted molar refractivity (Wildman–Crippen MR) is 85.2 cm³/mol. The molecule has 116 valence electrons. The molecule has 1 unspecified atom stereocenters. The van der Waals surface area contributed by atoms with Gasteiger partial charge in [-0.05, 0) is 44.5 Å². The zero-order valence-corrected chi connectivity index (χ0v) is 12.9. The topological polar surface area (TPSA) is 62.6 Å². The number of nitrogens with one attached hydrogen (secondary N) is 1. The van der Waals surface area contributed by atoms with E-state index in [-0.39, 0.29) is 11.5 Å². The fraction of sp³-hybridized carbons (Fsp3) is 0.412. The lowest BCUT2D eigenvalue weighted by molar-refractivity contribution is 0.0782. The summed E-state index contributed by atoms with van der Waals surface area (Å²) >= 11 is 0. The standard InChI is InChI=1S/C17H20N2O3/c1-11-13-5-3-4-6-14(13)22-17(21)15(11)16(20)19-8-7-12(10-19)9-18-2/h3-6,12,18H,7-10H2,1-2H3. The Labute approximate surface area is 128 Å². The summed E-state index contributed by atoms with van der Waals surface area (Å²) < 4.78 is 5.31. The Balaban J connectivity index is 1.96. The number of aryl methyl sites for hydroxylation is 1. The van der Waals surface area contributed by atoms with Gasteiger partial charge in [-0.15, -0.1) is 0 Å². The Kier molecular flexibility index (Phi) is 3.98. The first kappa shape index (κ1) is 14.8. The molecule has 2 heterocycles. The van der Waals surface area contributed by atoms with E-state index in [1.54, 1.807) is 11.0 Å².